The van der Waals surface area contributed by atoms with Gasteiger partial charge in [-0.15, -0.1) is 24.0 Å². The topological polar surface area (TPSA) is 78.1 Å². The number of hydrogen-bond acceptors (Lipinski definition) is 4. The first-order chi connectivity index (χ1) is 10.0. The van der Waals surface area contributed by atoms with Gasteiger partial charge in [0, 0.05) is 6.04 Å². The molecular formula is C15H26IN3O3. The Morgan fingerprint density at radius 3 is 2.18 bits per heavy atom. The van der Waals surface area contributed by atoms with Crippen molar-refractivity contribution in [2.45, 2.75) is 33.4 Å². The van der Waals surface area contributed by atoms with Crippen molar-refractivity contribution in [2.75, 3.05) is 20.8 Å². The molecule has 1 aromatic rings. The van der Waals surface area contributed by atoms with E-state index in [4.69, 9.17) is 19.9 Å². The van der Waals surface area contributed by atoms with Crippen molar-refractivity contribution in [1.29, 1.82) is 0 Å². The number of aliphatic imine (C=N–C) groups is 1. The maximum absolute atomic E-state index is 5.79. The van der Waals surface area contributed by atoms with Gasteiger partial charge in [0.25, 0.3) is 0 Å². The molecule has 0 radical (unpaired) electrons. The van der Waals surface area contributed by atoms with Crippen LogP contribution in [-0.4, -0.2) is 32.8 Å². The van der Waals surface area contributed by atoms with Crippen LogP contribution in [0.2, 0.25) is 0 Å². The largest absolute Gasteiger partial charge is 0.493 e. The molecule has 22 heavy (non-hydrogen) atoms. The van der Waals surface area contributed by atoms with Gasteiger partial charge in [-0.1, -0.05) is 0 Å². The van der Waals surface area contributed by atoms with Crippen molar-refractivity contribution in [1.82, 2.24) is 5.32 Å². The molecule has 126 valence electrons. The lowest BCUT2D eigenvalue weighted by molar-refractivity contribution is 0.288. The predicted molar refractivity (Wildman–Crippen MR) is 99.7 cm³/mol. The molecule has 0 aliphatic rings. The van der Waals surface area contributed by atoms with Crippen LogP contribution in [0.5, 0.6) is 17.2 Å². The molecule has 6 nitrogen and oxygen atoms in total. The summed E-state index contributed by atoms with van der Waals surface area (Å²) in [5.74, 6) is 2.26. The molecular weight excluding hydrogens is 397 g/mol. The number of benzene rings is 1. The Hall–Kier alpha value is -1.38. The minimum Gasteiger partial charge on any atom is -0.493 e. The van der Waals surface area contributed by atoms with E-state index >= 15 is 0 Å². The lowest BCUT2D eigenvalue weighted by atomic mass is 10.2. The van der Waals surface area contributed by atoms with Gasteiger partial charge in [0.1, 0.15) is 0 Å². The summed E-state index contributed by atoms with van der Waals surface area (Å²) < 4.78 is 16.3. The van der Waals surface area contributed by atoms with Gasteiger partial charge in [-0.05, 0) is 38.5 Å². The average molecular weight is 423 g/mol. The van der Waals surface area contributed by atoms with Gasteiger partial charge in [-0.3, -0.25) is 0 Å². The smallest absolute Gasteiger partial charge is 0.203 e. The Morgan fingerprint density at radius 2 is 1.77 bits per heavy atom. The van der Waals surface area contributed by atoms with Gasteiger partial charge in [0.05, 0.1) is 27.4 Å². The molecule has 0 aromatic heterocycles. The summed E-state index contributed by atoms with van der Waals surface area (Å²) in [4.78, 5) is 4.29. The number of guanidine groups is 1. The highest BCUT2D eigenvalue weighted by Crippen LogP contribution is 2.38. The fourth-order valence-electron chi connectivity index (χ4n) is 1.83. The van der Waals surface area contributed by atoms with Crippen molar-refractivity contribution in [3.8, 4) is 17.2 Å². The van der Waals surface area contributed by atoms with Crippen LogP contribution in [0.4, 0.5) is 0 Å². The molecule has 0 amide bonds. The first-order valence-electron chi connectivity index (χ1n) is 6.95. The van der Waals surface area contributed by atoms with E-state index < -0.39 is 0 Å². The van der Waals surface area contributed by atoms with E-state index in [1.807, 2.05) is 32.9 Å². The number of methoxy groups -OCH3 is 2. The second kappa shape index (κ2) is 10.4. The molecule has 0 aliphatic heterocycles. The van der Waals surface area contributed by atoms with E-state index in [-0.39, 0.29) is 30.0 Å². The van der Waals surface area contributed by atoms with Crippen LogP contribution in [0.3, 0.4) is 0 Å². The second-order valence-corrected chi connectivity index (χ2v) is 4.76. The minimum atomic E-state index is 0. The number of nitrogens with zero attached hydrogens (tertiary/aromatic N) is 1. The van der Waals surface area contributed by atoms with Crippen molar-refractivity contribution < 1.29 is 14.2 Å². The Balaban J connectivity index is 0.00000441. The maximum atomic E-state index is 5.79. The molecule has 1 rings (SSSR count). The van der Waals surface area contributed by atoms with Crippen LogP contribution in [0.1, 0.15) is 26.3 Å². The normalized spacial score (nSPS) is 10.9. The number of nitrogens with one attached hydrogen (secondary N) is 1. The Kier molecular flexibility index (Phi) is 9.71. The third kappa shape index (κ3) is 6.17. The van der Waals surface area contributed by atoms with E-state index in [1.165, 1.54) is 0 Å². The van der Waals surface area contributed by atoms with Gasteiger partial charge in [-0.2, -0.15) is 0 Å². The van der Waals surface area contributed by atoms with Gasteiger partial charge >= 0.3 is 0 Å². The number of halogens is 1. The molecule has 1 aromatic carbocycles. The first kappa shape index (κ1) is 20.6. The van der Waals surface area contributed by atoms with Gasteiger partial charge < -0.3 is 25.3 Å². The summed E-state index contributed by atoms with van der Waals surface area (Å²) in [6, 6.07) is 4.00. The van der Waals surface area contributed by atoms with E-state index in [0.29, 0.717) is 36.4 Å². The SMILES string of the molecule is CCOc1c(OC)cc(CN=C(N)NC(C)C)cc1OC.I. The van der Waals surface area contributed by atoms with Crippen LogP contribution in [-0.2, 0) is 6.54 Å². The summed E-state index contributed by atoms with van der Waals surface area (Å²) >= 11 is 0. The molecule has 0 fully saturated rings. The molecule has 3 N–H and O–H groups in total. The van der Waals surface area contributed by atoms with Crippen LogP contribution in [0.15, 0.2) is 17.1 Å². The van der Waals surface area contributed by atoms with E-state index in [2.05, 4.69) is 10.3 Å². The molecule has 0 saturated heterocycles. The lowest BCUT2D eigenvalue weighted by Crippen LogP contribution is -2.36. The Morgan fingerprint density at radius 1 is 1.23 bits per heavy atom. The fourth-order valence-corrected chi connectivity index (χ4v) is 1.83. The van der Waals surface area contributed by atoms with Gasteiger partial charge in [0.15, 0.2) is 17.5 Å². The van der Waals surface area contributed by atoms with Crippen LogP contribution in [0, 0.1) is 0 Å². The third-order valence-corrected chi connectivity index (χ3v) is 2.68. The minimum absolute atomic E-state index is 0. The summed E-state index contributed by atoms with van der Waals surface area (Å²) in [6.07, 6.45) is 0. The van der Waals surface area contributed by atoms with Gasteiger partial charge in [-0.25, -0.2) is 4.99 Å². The highest BCUT2D eigenvalue weighted by Gasteiger charge is 2.13. The van der Waals surface area contributed by atoms with E-state index in [0.717, 1.165) is 5.56 Å². The predicted octanol–water partition coefficient (Wildman–Crippen LogP) is 2.53. The highest BCUT2D eigenvalue weighted by molar-refractivity contribution is 14.0. The fraction of sp³-hybridized carbons (Fsp3) is 0.533. The summed E-state index contributed by atoms with van der Waals surface area (Å²) in [7, 11) is 3.19. The molecule has 0 unspecified atom stereocenters. The molecule has 0 spiro atoms. The number of hydrogen-bond donors (Lipinski definition) is 2. The zero-order chi connectivity index (χ0) is 15.8. The molecule has 0 atom stereocenters. The van der Waals surface area contributed by atoms with Crippen molar-refractivity contribution in [3.05, 3.63) is 17.7 Å². The number of nitrogens with two attached hydrogens (primary N) is 1. The molecule has 7 heteroatoms. The van der Waals surface area contributed by atoms with E-state index in [1.54, 1.807) is 14.2 Å². The zero-order valence-electron chi connectivity index (χ0n) is 13.8. The monoisotopic (exact) mass is 423 g/mol. The molecule has 0 heterocycles. The maximum Gasteiger partial charge on any atom is 0.203 e. The van der Waals surface area contributed by atoms with Crippen molar-refractivity contribution >= 4 is 29.9 Å². The first-order valence-corrected chi connectivity index (χ1v) is 6.95. The van der Waals surface area contributed by atoms with Crippen LogP contribution < -0.4 is 25.3 Å². The van der Waals surface area contributed by atoms with E-state index in [9.17, 15) is 0 Å². The van der Waals surface area contributed by atoms with Crippen LogP contribution in [0.25, 0.3) is 0 Å². The standard InChI is InChI=1S/C15H25N3O3.HI/c1-6-21-14-12(19-4)7-11(8-13(14)20-5)9-17-15(16)18-10(2)3;/h7-8,10H,6,9H2,1-5H3,(H3,16,17,18);1H. The average Bonchev–Trinajstić information content (AvgIpc) is 2.45. The second-order valence-electron chi connectivity index (χ2n) is 4.76. The molecule has 0 saturated carbocycles. The summed E-state index contributed by atoms with van der Waals surface area (Å²) in [5.41, 5.74) is 6.72. The molecule has 0 aliphatic carbocycles. The quantitative estimate of drug-likeness (QED) is 0.401. The molecule has 0 bridgehead atoms. The highest BCUT2D eigenvalue weighted by atomic mass is 127. The Bertz CT molecular complexity index is 468. The number of ether oxygens (including phenoxy) is 3. The third-order valence-electron chi connectivity index (χ3n) is 2.68. The van der Waals surface area contributed by atoms with Gasteiger partial charge in [0.2, 0.25) is 5.75 Å². The van der Waals surface area contributed by atoms with Crippen molar-refractivity contribution in [2.24, 2.45) is 10.7 Å². The summed E-state index contributed by atoms with van der Waals surface area (Å²) in [5, 5.41) is 3.04. The van der Waals surface area contributed by atoms with Crippen molar-refractivity contribution in [3.63, 3.8) is 0 Å². The Labute approximate surface area is 149 Å². The van der Waals surface area contributed by atoms with Crippen LogP contribution >= 0.6 is 24.0 Å². The lowest BCUT2D eigenvalue weighted by Gasteiger charge is -2.15. The summed E-state index contributed by atoms with van der Waals surface area (Å²) in [6.45, 7) is 6.89. The zero-order valence-corrected chi connectivity index (χ0v) is 16.1. The number of rotatable bonds is 7.